The Hall–Kier alpha value is -4.74. The second kappa shape index (κ2) is 11.9. The summed E-state index contributed by atoms with van der Waals surface area (Å²) in [6, 6.07) is 11.9. The second-order valence-electron chi connectivity index (χ2n) is 17.1. The number of aliphatic carboxylic acids is 2. The number of hydrogen-bond donors (Lipinski definition) is 3. The van der Waals surface area contributed by atoms with Gasteiger partial charge in [0.05, 0.1) is 17.3 Å². The number of ketones is 2. The Morgan fingerprint density at radius 3 is 2.35 bits per heavy atom. The summed E-state index contributed by atoms with van der Waals surface area (Å²) < 4.78 is 27.7. The Bertz CT molecular complexity index is 2220. The van der Waals surface area contributed by atoms with Gasteiger partial charge in [0, 0.05) is 35.1 Å². The van der Waals surface area contributed by atoms with E-state index in [-0.39, 0.29) is 40.8 Å². The lowest BCUT2D eigenvalue weighted by atomic mass is 9.60. The van der Waals surface area contributed by atoms with E-state index in [0.717, 1.165) is 58.7 Å². The van der Waals surface area contributed by atoms with E-state index in [0.29, 0.717) is 34.3 Å². The van der Waals surface area contributed by atoms with Crippen LogP contribution in [0.2, 0.25) is 0 Å². The van der Waals surface area contributed by atoms with Gasteiger partial charge in [-0.2, -0.15) is 0 Å². The fourth-order valence-electron chi connectivity index (χ4n) is 10.4. The van der Waals surface area contributed by atoms with Gasteiger partial charge >= 0.3 is 11.9 Å². The van der Waals surface area contributed by atoms with Crippen LogP contribution in [0.25, 0.3) is 16.5 Å². The molecule has 1 saturated carbocycles. The zero-order valence-electron chi connectivity index (χ0n) is 31.6. The first-order valence-electron chi connectivity index (χ1n) is 18.7. The molecule has 6 aliphatic rings. The summed E-state index contributed by atoms with van der Waals surface area (Å²) in [7, 11) is 0. The molecule has 4 aliphatic heterocycles. The van der Waals surface area contributed by atoms with Gasteiger partial charge in [0.15, 0.2) is 17.1 Å². The van der Waals surface area contributed by atoms with Crippen LogP contribution >= 0.6 is 0 Å². The van der Waals surface area contributed by atoms with E-state index < -0.39 is 35.2 Å². The summed E-state index contributed by atoms with van der Waals surface area (Å²) in [6.45, 7) is 14.3. The zero-order chi connectivity index (χ0) is 38.9. The average Bonchev–Trinajstić information content (AvgIpc) is 3.58. The van der Waals surface area contributed by atoms with E-state index in [9.17, 15) is 14.7 Å². The summed E-state index contributed by atoms with van der Waals surface area (Å²) >= 11 is 0. The van der Waals surface area contributed by atoms with Gasteiger partial charge in [-0.15, -0.1) is 0 Å². The molecule has 0 radical (unpaired) electrons. The highest BCUT2D eigenvalue weighted by Gasteiger charge is 2.65. The minimum atomic E-state index is -2.09. The van der Waals surface area contributed by atoms with E-state index in [1.807, 2.05) is 44.2 Å². The third kappa shape index (κ3) is 5.00. The van der Waals surface area contributed by atoms with Gasteiger partial charge in [0.1, 0.15) is 11.5 Å². The van der Waals surface area contributed by atoms with Crippen molar-refractivity contribution in [2.45, 2.75) is 122 Å². The Morgan fingerprint density at radius 2 is 1.69 bits per heavy atom. The predicted molar refractivity (Wildman–Crippen MR) is 196 cm³/mol. The molecule has 2 aliphatic carbocycles. The van der Waals surface area contributed by atoms with Crippen molar-refractivity contribution < 1.29 is 53.4 Å². The Morgan fingerprint density at radius 1 is 0.963 bits per heavy atom. The van der Waals surface area contributed by atoms with Crippen molar-refractivity contribution in [2.24, 2.45) is 11.3 Å². The minimum Gasteiger partial charge on any atom is -0.473 e. The molecular weight excluding hydrogens is 692 g/mol. The van der Waals surface area contributed by atoms with Crippen molar-refractivity contribution in [1.29, 1.82) is 0 Å². The highest BCUT2D eigenvalue weighted by Crippen LogP contribution is 2.65. The van der Waals surface area contributed by atoms with E-state index in [1.54, 1.807) is 0 Å². The number of aliphatic hydroxyl groups is 1. The van der Waals surface area contributed by atoms with Crippen molar-refractivity contribution >= 4 is 40.0 Å². The van der Waals surface area contributed by atoms with Gasteiger partial charge in [-0.05, 0) is 85.3 Å². The highest BCUT2D eigenvalue weighted by atomic mass is 16.7. The molecule has 11 heteroatoms. The maximum absolute atomic E-state index is 14.9. The second-order valence-corrected chi connectivity index (χ2v) is 17.1. The molecule has 2 fully saturated rings. The van der Waals surface area contributed by atoms with Crippen molar-refractivity contribution in [3.8, 4) is 11.5 Å². The molecule has 3 aromatic rings. The number of carbonyl (C=O) groups is 4. The molecule has 9 rings (SSSR count). The van der Waals surface area contributed by atoms with E-state index in [1.165, 1.54) is 13.3 Å². The molecule has 54 heavy (non-hydrogen) atoms. The molecule has 11 nitrogen and oxygen atoms in total. The number of carboxylic acids is 2. The molecular formula is C43H46O11. The fourth-order valence-corrected chi connectivity index (χ4v) is 10.4. The molecule has 3 aromatic carbocycles. The van der Waals surface area contributed by atoms with Crippen LogP contribution in [0.15, 0.2) is 42.0 Å². The monoisotopic (exact) mass is 738 g/mol. The summed E-state index contributed by atoms with van der Waals surface area (Å²) in [5.74, 6) is -2.27. The first kappa shape index (κ1) is 36.2. The van der Waals surface area contributed by atoms with Crippen molar-refractivity contribution in [3.63, 3.8) is 0 Å². The Balaban J connectivity index is 0.000000640. The summed E-state index contributed by atoms with van der Waals surface area (Å²) in [5, 5.41) is 28.9. The van der Waals surface area contributed by atoms with Crippen LogP contribution in [-0.2, 0) is 40.7 Å². The molecule has 6 atom stereocenters. The number of Topliss-reactive ketones (excluding diaryl/α,β-unsaturated/α-hetero) is 2. The number of ether oxygens (including phenoxy) is 4. The number of carboxylic acid groups (broad SMARTS) is 2. The standard InChI is InChI=1S/C41H44O7.C2H2O4/c1-20(2)26-16-27-28(19-40-15-9-14-38(5,6)30(40)17-29(27)47-40)35-34(26)46-37-39(7,48-35)32-33(45-37)25-13-12-23-21(3)10-8-11-24(23)31(25)41(44,36(32)43)18-22(4)42;3-1(4)2(5)6/h8,10-13,16,20,29-30,37,44H,9,14-15,17-19H2,1-7H3;(H,3,4)(H,5,6)/t29-,30+,37-,39-,40+,41-;/m1./s1. The van der Waals surface area contributed by atoms with Gasteiger partial charge < -0.3 is 34.3 Å². The van der Waals surface area contributed by atoms with E-state index >= 15 is 0 Å². The van der Waals surface area contributed by atoms with E-state index in [2.05, 4.69) is 33.8 Å². The van der Waals surface area contributed by atoms with Gasteiger partial charge in [-0.25, -0.2) is 9.59 Å². The highest BCUT2D eigenvalue weighted by molar-refractivity contribution is 6.27. The number of rotatable bonds is 3. The molecule has 0 aromatic heterocycles. The number of hydrogen-bond acceptors (Lipinski definition) is 9. The molecule has 2 bridgehead atoms. The van der Waals surface area contributed by atoms with Gasteiger partial charge in [-0.3, -0.25) is 9.59 Å². The van der Waals surface area contributed by atoms with Crippen LogP contribution in [0, 0.1) is 18.3 Å². The Labute approximate surface area is 313 Å². The maximum Gasteiger partial charge on any atom is 0.414 e. The Kier molecular flexibility index (Phi) is 7.97. The maximum atomic E-state index is 14.9. The average molecular weight is 739 g/mol. The fraction of sp³-hybridized carbons (Fsp3) is 0.488. The lowest BCUT2D eigenvalue weighted by molar-refractivity contribution is -0.159. The summed E-state index contributed by atoms with van der Waals surface area (Å²) in [5.41, 5.74) is 1.95. The lowest BCUT2D eigenvalue weighted by Gasteiger charge is -2.49. The number of aryl methyl sites for hydroxylation is 1. The van der Waals surface area contributed by atoms with Crippen LogP contribution in [0.3, 0.4) is 0 Å². The van der Waals surface area contributed by atoms with Crippen LogP contribution in [-0.4, -0.2) is 56.3 Å². The first-order valence-corrected chi connectivity index (χ1v) is 18.7. The minimum absolute atomic E-state index is 0.0248. The smallest absolute Gasteiger partial charge is 0.414 e. The summed E-state index contributed by atoms with van der Waals surface area (Å²) in [4.78, 5) is 45.8. The summed E-state index contributed by atoms with van der Waals surface area (Å²) in [6.07, 6.45) is 3.68. The topological polar surface area (TPSA) is 166 Å². The third-order valence-corrected chi connectivity index (χ3v) is 12.8. The van der Waals surface area contributed by atoms with E-state index in [4.69, 9.17) is 38.7 Å². The SMILES string of the molecule is CC(=O)C[C@]1(O)C(=O)C2=C(O[C@@H]3Oc4c(C(C)C)cc5c(c4O[C@]23C)C[C@@]23CCCC(C)(C)[C@@H]2C[C@H]5O3)c2ccc3c(C)cccc3c21.O=C(O)C(=O)O. The molecule has 0 unspecified atom stereocenters. The normalized spacial score (nSPS) is 30.6. The molecule has 1 spiro atoms. The number of carbonyl (C=O) groups excluding carboxylic acids is 2. The molecule has 284 valence electrons. The van der Waals surface area contributed by atoms with Crippen LogP contribution in [0.5, 0.6) is 11.5 Å². The van der Waals surface area contributed by atoms with Crippen LogP contribution in [0.1, 0.15) is 119 Å². The number of benzene rings is 3. The van der Waals surface area contributed by atoms with Gasteiger partial charge in [-0.1, -0.05) is 64.4 Å². The molecule has 0 amide bonds. The zero-order valence-corrected chi connectivity index (χ0v) is 31.6. The first-order chi connectivity index (χ1) is 25.3. The van der Waals surface area contributed by atoms with Gasteiger partial charge in [0.2, 0.25) is 11.4 Å². The number of fused-ring (bicyclic) bond motifs is 11. The lowest BCUT2D eigenvalue weighted by Crippen LogP contribution is -2.55. The quantitative estimate of drug-likeness (QED) is 0.236. The largest absolute Gasteiger partial charge is 0.473 e. The molecule has 1 saturated heterocycles. The predicted octanol–water partition coefficient (Wildman–Crippen LogP) is 7.06. The van der Waals surface area contributed by atoms with Crippen LogP contribution < -0.4 is 9.47 Å². The molecule has 4 heterocycles. The van der Waals surface area contributed by atoms with Crippen molar-refractivity contribution in [3.05, 3.63) is 75.4 Å². The van der Waals surface area contributed by atoms with Crippen LogP contribution in [0.4, 0.5) is 0 Å². The van der Waals surface area contributed by atoms with Gasteiger partial charge in [0.25, 0.3) is 6.29 Å². The van der Waals surface area contributed by atoms with Crippen molar-refractivity contribution in [2.75, 3.05) is 0 Å². The third-order valence-electron chi connectivity index (χ3n) is 12.8. The molecule has 3 N–H and O–H groups in total. The van der Waals surface area contributed by atoms with Crippen molar-refractivity contribution in [1.82, 2.24) is 0 Å².